The Bertz CT molecular complexity index is 568. The first-order valence-electron chi connectivity index (χ1n) is 6.39. The Labute approximate surface area is 126 Å². The fourth-order valence-electron chi connectivity index (χ4n) is 1.68. The van der Waals surface area contributed by atoms with Crippen molar-refractivity contribution in [3.63, 3.8) is 0 Å². The van der Waals surface area contributed by atoms with Crippen molar-refractivity contribution in [3.8, 4) is 0 Å². The van der Waals surface area contributed by atoms with E-state index in [4.69, 9.17) is 16.2 Å². The molecule has 1 atom stereocenters. The lowest BCUT2D eigenvalue weighted by atomic mass is 10.1. The Morgan fingerprint density at radius 2 is 1.95 bits per heavy atom. The highest BCUT2D eigenvalue weighted by Gasteiger charge is 2.24. The number of hydrogen-bond acceptors (Lipinski definition) is 6. The predicted octanol–water partition coefficient (Wildman–Crippen LogP) is 0.683. The summed E-state index contributed by atoms with van der Waals surface area (Å²) < 4.78 is 4.98. The number of rotatable bonds is 6. The van der Waals surface area contributed by atoms with Crippen molar-refractivity contribution in [2.24, 2.45) is 11.5 Å². The van der Waals surface area contributed by atoms with E-state index >= 15 is 0 Å². The summed E-state index contributed by atoms with van der Waals surface area (Å²) in [7, 11) is 0. The average molecular weight is 313 g/mol. The van der Waals surface area contributed by atoms with Gasteiger partial charge in [0.05, 0.1) is 24.6 Å². The van der Waals surface area contributed by atoms with Crippen LogP contribution in [0.1, 0.15) is 34.1 Å². The molecule has 1 aromatic heterocycles. The lowest BCUT2D eigenvalue weighted by Crippen LogP contribution is -2.39. The van der Waals surface area contributed by atoms with Crippen molar-refractivity contribution in [2.75, 3.05) is 11.9 Å². The third-order valence-electron chi connectivity index (χ3n) is 2.86. The van der Waals surface area contributed by atoms with Gasteiger partial charge in [-0.1, -0.05) is 0 Å². The van der Waals surface area contributed by atoms with E-state index in [0.29, 0.717) is 10.6 Å². The van der Waals surface area contributed by atoms with Crippen LogP contribution in [-0.4, -0.2) is 30.4 Å². The molecule has 2 amide bonds. The van der Waals surface area contributed by atoms with Gasteiger partial charge in [0.25, 0.3) is 0 Å². The molecule has 0 saturated heterocycles. The van der Waals surface area contributed by atoms with Crippen LogP contribution in [0.4, 0.5) is 5.00 Å². The highest BCUT2D eigenvalue weighted by molar-refractivity contribution is 7.16. The number of nitrogens with two attached hydrogens (primary N) is 2. The van der Waals surface area contributed by atoms with Crippen molar-refractivity contribution in [3.05, 3.63) is 16.0 Å². The summed E-state index contributed by atoms with van der Waals surface area (Å²) in [4.78, 5) is 35.5. The zero-order valence-corrected chi connectivity index (χ0v) is 13.0. The van der Waals surface area contributed by atoms with Gasteiger partial charge in [-0.05, 0) is 26.3 Å². The summed E-state index contributed by atoms with van der Waals surface area (Å²) in [5.41, 5.74) is 11.6. The molecule has 8 heteroatoms. The topological polar surface area (TPSA) is 125 Å². The molecule has 1 rings (SSSR count). The standard InChI is InChI=1S/C13H19N3O4S/c1-4-20-13(19)10-6(2)7(3)21-12(10)16-11(18)8(14)5-9(15)17/h8H,4-5,14H2,1-3H3,(H2,15,17)(H,16,18). The number of ether oxygens (including phenoxy) is 1. The molecule has 0 aliphatic rings. The Morgan fingerprint density at radius 3 is 2.48 bits per heavy atom. The van der Waals surface area contributed by atoms with Gasteiger partial charge >= 0.3 is 5.97 Å². The molecule has 0 fully saturated rings. The van der Waals surface area contributed by atoms with Crippen LogP contribution in [0.2, 0.25) is 0 Å². The maximum Gasteiger partial charge on any atom is 0.341 e. The fourth-order valence-corrected chi connectivity index (χ4v) is 2.73. The monoisotopic (exact) mass is 313 g/mol. The first-order chi connectivity index (χ1) is 9.77. The third-order valence-corrected chi connectivity index (χ3v) is 3.98. The van der Waals surface area contributed by atoms with E-state index < -0.39 is 23.8 Å². The molecule has 0 aliphatic carbocycles. The molecule has 0 radical (unpaired) electrons. The molecule has 1 heterocycles. The fraction of sp³-hybridized carbons (Fsp3) is 0.462. The minimum Gasteiger partial charge on any atom is -0.462 e. The molecule has 0 saturated carbocycles. The van der Waals surface area contributed by atoms with E-state index in [-0.39, 0.29) is 13.0 Å². The summed E-state index contributed by atoms with van der Waals surface area (Å²) in [6, 6.07) is -1.06. The Kier molecular flexibility index (Phi) is 5.86. The van der Waals surface area contributed by atoms with E-state index in [0.717, 1.165) is 10.4 Å². The average Bonchev–Trinajstić information content (AvgIpc) is 2.64. The second-order valence-electron chi connectivity index (χ2n) is 4.47. The minimum atomic E-state index is -1.06. The van der Waals surface area contributed by atoms with Crippen molar-refractivity contribution < 1.29 is 19.1 Å². The molecular weight excluding hydrogens is 294 g/mol. The SMILES string of the molecule is CCOC(=O)c1c(NC(=O)C(N)CC(N)=O)sc(C)c1C. The van der Waals surface area contributed by atoms with Crippen LogP contribution >= 0.6 is 11.3 Å². The van der Waals surface area contributed by atoms with Gasteiger partial charge in [0.1, 0.15) is 5.00 Å². The zero-order chi connectivity index (χ0) is 16.2. The Hall–Kier alpha value is -1.93. The minimum absolute atomic E-state index is 0.238. The molecular formula is C13H19N3O4S. The maximum absolute atomic E-state index is 12.0. The van der Waals surface area contributed by atoms with E-state index in [1.165, 1.54) is 11.3 Å². The van der Waals surface area contributed by atoms with E-state index in [2.05, 4.69) is 5.32 Å². The summed E-state index contributed by atoms with van der Waals surface area (Å²) in [5, 5.41) is 2.93. The van der Waals surface area contributed by atoms with Gasteiger partial charge in [-0.2, -0.15) is 0 Å². The lowest BCUT2D eigenvalue weighted by Gasteiger charge is -2.11. The number of amides is 2. The first-order valence-corrected chi connectivity index (χ1v) is 7.21. The number of primary amides is 1. The van der Waals surface area contributed by atoms with Crippen molar-refractivity contribution in [1.82, 2.24) is 0 Å². The normalized spacial score (nSPS) is 11.8. The number of hydrogen-bond donors (Lipinski definition) is 3. The molecule has 0 aromatic carbocycles. The summed E-state index contributed by atoms with van der Waals surface area (Å²) in [6.07, 6.45) is -0.260. The summed E-state index contributed by atoms with van der Waals surface area (Å²) in [5.74, 6) is -1.74. The number of esters is 1. The molecule has 0 aliphatic heterocycles. The van der Waals surface area contributed by atoms with Gasteiger partial charge in [0.2, 0.25) is 11.8 Å². The van der Waals surface area contributed by atoms with Crippen LogP contribution in [0.3, 0.4) is 0 Å². The maximum atomic E-state index is 12.0. The van der Waals surface area contributed by atoms with E-state index in [9.17, 15) is 14.4 Å². The van der Waals surface area contributed by atoms with Gasteiger partial charge in [-0.15, -0.1) is 11.3 Å². The predicted molar refractivity (Wildman–Crippen MR) is 80.2 cm³/mol. The van der Waals surface area contributed by atoms with Crippen LogP contribution < -0.4 is 16.8 Å². The zero-order valence-electron chi connectivity index (χ0n) is 12.2. The van der Waals surface area contributed by atoms with Crippen LogP contribution in [0.5, 0.6) is 0 Å². The van der Waals surface area contributed by atoms with E-state index in [1.54, 1.807) is 13.8 Å². The lowest BCUT2D eigenvalue weighted by molar-refractivity contribution is -0.123. The first kappa shape index (κ1) is 17.1. The van der Waals surface area contributed by atoms with Crippen molar-refractivity contribution in [1.29, 1.82) is 0 Å². The summed E-state index contributed by atoms with van der Waals surface area (Å²) >= 11 is 1.26. The smallest absolute Gasteiger partial charge is 0.341 e. The van der Waals surface area contributed by atoms with E-state index in [1.807, 2.05) is 6.92 Å². The van der Waals surface area contributed by atoms with Gasteiger partial charge in [0, 0.05) is 4.88 Å². The van der Waals surface area contributed by atoms with Gasteiger partial charge in [0.15, 0.2) is 0 Å². The van der Waals surface area contributed by atoms with Crippen molar-refractivity contribution in [2.45, 2.75) is 33.2 Å². The van der Waals surface area contributed by atoms with Gasteiger partial charge in [-0.3, -0.25) is 9.59 Å². The number of carbonyl (C=O) groups excluding carboxylic acids is 3. The van der Waals surface area contributed by atoms with Gasteiger partial charge in [-0.25, -0.2) is 4.79 Å². The molecule has 116 valence electrons. The molecule has 0 spiro atoms. The molecule has 1 aromatic rings. The molecule has 21 heavy (non-hydrogen) atoms. The molecule has 1 unspecified atom stereocenters. The highest BCUT2D eigenvalue weighted by Crippen LogP contribution is 2.33. The molecule has 0 bridgehead atoms. The third kappa shape index (κ3) is 4.27. The summed E-state index contributed by atoms with van der Waals surface area (Å²) in [6.45, 7) is 5.55. The number of thiophene rings is 1. The van der Waals surface area contributed by atoms with Crippen LogP contribution in [-0.2, 0) is 14.3 Å². The number of aryl methyl sites for hydroxylation is 1. The van der Waals surface area contributed by atoms with Crippen LogP contribution in [0.25, 0.3) is 0 Å². The van der Waals surface area contributed by atoms with Crippen molar-refractivity contribution >= 4 is 34.1 Å². The Balaban J connectivity index is 2.98. The van der Waals surface area contributed by atoms with Crippen LogP contribution in [0, 0.1) is 13.8 Å². The Morgan fingerprint density at radius 1 is 1.33 bits per heavy atom. The second-order valence-corrected chi connectivity index (χ2v) is 5.70. The number of nitrogens with one attached hydrogen (secondary N) is 1. The second kappa shape index (κ2) is 7.19. The molecule has 5 N–H and O–H groups in total. The number of carbonyl (C=O) groups is 3. The quantitative estimate of drug-likeness (QED) is 0.666. The van der Waals surface area contributed by atoms with Crippen LogP contribution in [0.15, 0.2) is 0 Å². The largest absolute Gasteiger partial charge is 0.462 e. The number of anilines is 1. The van der Waals surface area contributed by atoms with Gasteiger partial charge < -0.3 is 21.5 Å². The molecule has 7 nitrogen and oxygen atoms in total. The highest BCUT2D eigenvalue weighted by atomic mass is 32.1.